The molecule has 2 N–H and O–H groups in total. The molecule has 3 nitrogen and oxygen atoms in total. The minimum Gasteiger partial charge on any atom is -0.507 e. The summed E-state index contributed by atoms with van der Waals surface area (Å²) in [5, 5.41) is 20.3. The predicted octanol–water partition coefficient (Wildman–Crippen LogP) is 2.46. The molecule has 1 saturated carbocycles. The lowest BCUT2D eigenvalue weighted by Gasteiger charge is -2.32. The number of fused-ring (bicyclic) bond motifs is 1. The monoisotopic (exact) mass is 231 g/mol. The SMILES string of the molecule is Oc1ccccc1C1=N[C@]2(O)CCC[C@@H]2CC1. The van der Waals surface area contributed by atoms with Gasteiger partial charge in [-0.15, -0.1) is 0 Å². The highest BCUT2D eigenvalue weighted by Gasteiger charge is 2.43. The van der Waals surface area contributed by atoms with E-state index < -0.39 is 5.72 Å². The second kappa shape index (κ2) is 3.84. The molecule has 0 saturated heterocycles. The number of aliphatic imine (C=N–C) groups is 1. The third-order valence-electron chi connectivity index (χ3n) is 4.02. The van der Waals surface area contributed by atoms with Crippen molar-refractivity contribution in [2.24, 2.45) is 10.9 Å². The first-order valence-corrected chi connectivity index (χ1v) is 6.28. The van der Waals surface area contributed by atoms with Crippen LogP contribution in [0.3, 0.4) is 0 Å². The van der Waals surface area contributed by atoms with Crippen molar-refractivity contribution in [1.29, 1.82) is 0 Å². The van der Waals surface area contributed by atoms with E-state index in [1.807, 2.05) is 12.1 Å². The number of aliphatic hydroxyl groups is 1. The summed E-state index contributed by atoms with van der Waals surface area (Å²) < 4.78 is 0. The topological polar surface area (TPSA) is 52.8 Å². The molecule has 1 aliphatic carbocycles. The van der Waals surface area contributed by atoms with Gasteiger partial charge in [-0.3, -0.25) is 4.99 Å². The maximum atomic E-state index is 10.5. The lowest BCUT2D eigenvalue weighted by atomic mass is 9.88. The van der Waals surface area contributed by atoms with Crippen LogP contribution in [0.15, 0.2) is 29.3 Å². The van der Waals surface area contributed by atoms with Crippen molar-refractivity contribution >= 4 is 5.71 Å². The Hall–Kier alpha value is -1.35. The van der Waals surface area contributed by atoms with Crippen molar-refractivity contribution < 1.29 is 10.2 Å². The molecule has 3 rings (SSSR count). The molecule has 3 heteroatoms. The van der Waals surface area contributed by atoms with E-state index in [0.29, 0.717) is 5.92 Å². The molecular formula is C14H17NO2. The van der Waals surface area contributed by atoms with E-state index in [4.69, 9.17) is 0 Å². The van der Waals surface area contributed by atoms with Gasteiger partial charge >= 0.3 is 0 Å². The summed E-state index contributed by atoms with van der Waals surface area (Å²) >= 11 is 0. The van der Waals surface area contributed by atoms with Crippen LogP contribution in [0.1, 0.15) is 37.7 Å². The molecule has 0 unspecified atom stereocenters. The van der Waals surface area contributed by atoms with Gasteiger partial charge in [0.05, 0.1) is 0 Å². The maximum absolute atomic E-state index is 10.5. The second-order valence-corrected chi connectivity index (χ2v) is 5.08. The maximum Gasteiger partial charge on any atom is 0.159 e. The van der Waals surface area contributed by atoms with Gasteiger partial charge in [0, 0.05) is 17.2 Å². The molecule has 0 spiro atoms. The van der Waals surface area contributed by atoms with Gasteiger partial charge in [-0.05, 0) is 44.2 Å². The standard InChI is InChI=1S/C14H17NO2/c16-13-6-2-1-5-11(13)12-8-7-10-4-3-9-14(10,17)15-12/h1-2,5-6,10,16-17H,3-4,7-9H2/t10-,14+/m1/s1. The normalized spacial score (nSPS) is 32.1. The fourth-order valence-corrected chi connectivity index (χ4v) is 3.08. The highest BCUT2D eigenvalue weighted by atomic mass is 16.3. The highest BCUT2D eigenvalue weighted by molar-refractivity contribution is 6.03. The summed E-state index contributed by atoms with van der Waals surface area (Å²) in [6, 6.07) is 7.23. The van der Waals surface area contributed by atoms with Crippen LogP contribution in [-0.4, -0.2) is 21.6 Å². The van der Waals surface area contributed by atoms with Crippen LogP contribution in [-0.2, 0) is 0 Å². The molecule has 2 aliphatic rings. The minimum atomic E-state index is -0.865. The number of hydrogen-bond donors (Lipinski definition) is 2. The lowest BCUT2D eigenvalue weighted by Crippen LogP contribution is -2.36. The zero-order chi connectivity index (χ0) is 11.9. The Labute approximate surface area is 101 Å². The minimum absolute atomic E-state index is 0.256. The van der Waals surface area contributed by atoms with Crippen LogP contribution in [0.2, 0.25) is 0 Å². The molecule has 1 heterocycles. The zero-order valence-electron chi connectivity index (χ0n) is 9.76. The molecule has 90 valence electrons. The Morgan fingerprint density at radius 1 is 1.24 bits per heavy atom. The third-order valence-corrected chi connectivity index (χ3v) is 4.02. The van der Waals surface area contributed by atoms with Crippen molar-refractivity contribution in [3.8, 4) is 5.75 Å². The zero-order valence-corrected chi connectivity index (χ0v) is 9.76. The molecule has 0 amide bonds. The summed E-state index contributed by atoms with van der Waals surface area (Å²) in [5.74, 6) is 0.573. The first-order valence-electron chi connectivity index (χ1n) is 6.28. The number of phenolic OH excluding ortho intramolecular Hbond substituents is 1. The van der Waals surface area contributed by atoms with Gasteiger partial charge < -0.3 is 10.2 Å². The van der Waals surface area contributed by atoms with Crippen molar-refractivity contribution in [2.45, 2.75) is 37.8 Å². The van der Waals surface area contributed by atoms with Gasteiger partial charge in [0.1, 0.15) is 5.75 Å². The average molecular weight is 231 g/mol. The average Bonchev–Trinajstić information content (AvgIpc) is 2.70. The van der Waals surface area contributed by atoms with Gasteiger partial charge in [0.25, 0.3) is 0 Å². The van der Waals surface area contributed by atoms with Gasteiger partial charge in [-0.2, -0.15) is 0 Å². The van der Waals surface area contributed by atoms with E-state index in [9.17, 15) is 10.2 Å². The number of rotatable bonds is 1. The van der Waals surface area contributed by atoms with Gasteiger partial charge in [-0.1, -0.05) is 12.1 Å². The van der Waals surface area contributed by atoms with Crippen LogP contribution >= 0.6 is 0 Å². The Bertz CT molecular complexity index is 469. The fraction of sp³-hybridized carbons (Fsp3) is 0.500. The smallest absolute Gasteiger partial charge is 0.159 e. The number of phenols is 1. The lowest BCUT2D eigenvalue weighted by molar-refractivity contribution is 0.00387. The molecule has 1 aliphatic heterocycles. The van der Waals surface area contributed by atoms with Crippen LogP contribution in [0.4, 0.5) is 0 Å². The van der Waals surface area contributed by atoms with E-state index in [1.165, 1.54) is 0 Å². The third kappa shape index (κ3) is 1.75. The molecule has 0 bridgehead atoms. The largest absolute Gasteiger partial charge is 0.507 e. The van der Waals surface area contributed by atoms with Crippen LogP contribution in [0, 0.1) is 5.92 Å². The summed E-state index contributed by atoms with van der Waals surface area (Å²) in [7, 11) is 0. The van der Waals surface area contributed by atoms with Crippen LogP contribution in [0.5, 0.6) is 5.75 Å². The molecule has 1 fully saturated rings. The summed E-state index contributed by atoms with van der Waals surface area (Å²) in [6.45, 7) is 0. The van der Waals surface area contributed by atoms with Gasteiger partial charge in [0.15, 0.2) is 5.72 Å². The van der Waals surface area contributed by atoms with Crippen LogP contribution in [0.25, 0.3) is 0 Å². The van der Waals surface area contributed by atoms with Crippen molar-refractivity contribution in [2.75, 3.05) is 0 Å². The van der Waals surface area contributed by atoms with Crippen molar-refractivity contribution in [1.82, 2.24) is 0 Å². The second-order valence-electron chi connectivity index (χ2n) is 5.08. The number of hydrogen-bond acceptors (Lipinski definition) is 3. The fourth-order valence-electron chi connectivity index (χ4n) is 3.08. The van der Waals surface area contributed by atoms with E-state index >= 15 is 0 Å². The van der Waals surface area contributed by atoms with E-state index in [-0.39, 0.29) is 5.75 Å². The number of nitrogens with zero attached hydrogens (tertiary/aromatic N) is 1. The number of aromatic hydroxyl groups is 1. The summed E-state index contributed by atoms with van der Waals surface area (Å²) in [4.78, 5) is 4.52. The number of benzene rings is 1. The predicted molar refractivity (Wildman–Crippen MR) is 66.2 cm³/mol. The molecule has 1 aromatic carbocycles. The van der Waals surface area contributed by atoms with E-state index in [1.54, 1.807) is 12.1 Å². The van der Waals surface area contributed by atoms with Gasteiger partial charge in [0.2, 0.25) is 0 Å². The Kier molecular flexibility index (Phi) is 2.44. The highest BCUT2D eigenvalue weighted by Crippen LogP contribution is 2.43. The molecule has 1 aromatic rings. The number of para-hydroxylation sites is 1. The van der Waals surface area contributed by atoms with Gasteiger partial charge in [-0.25, -0.2) is 0 Å². The van der Waals surface area contributed by atoms with E-state index in [2.05, 4.69) is 4.99 Å². The molecule has 2 atom stereocenters. The summed E-state index contributed by atoms with van der Waals surface area (Å²) in [6.07, 6.45) is 4.72. The molecule has 17 heavy (non-hydrogen) atoms. The molecular weight excluding hydrogens is 214 g/mol. The quantitative estimate of drug-likeness (QED) is 0.780. The molecule has 0 aromatic heterocycles. The first kappa shape index (κ1) is 10.8. The Morgan fingerprint density at radius 2 is 2.06 bits per heavy atom. The Morgan fingerprint density at radius 3 is 2.88 bits per heavy atom. The van der Waals surface area contributed by atoms with Crippen LogP contribution < -0.4 is 0 Å². The van der Waals surface area contributed by atoms with Crippen molar-refractivity contribution in [3.63, 3.8) is 0 Å². The first-order chi connectivity index (χ1) is 8.19. The Balaban J connectivity index is 2.00. The van der Waals surface area contributed by atoms with Crippen molar-refractivity contribution in [3.05, 3.63) is 29.8 Å². The summed E-state index contributed by atoms with van der Waals surface area (Å²) in [5.41, 5.74) is 0.755. The van der Waals surface area contributed by atoms with E-state index in [0.717, 1.165) is 43.4 Å². The molecule has 0 radical (unpaired) electrons.